The van der Waals surface area contributed by atoms with Crippen LogP contribution in [-0.4, -0.2) is 32.8 Å². The van der Waals surface area contributed by atoms with Gasteiger partial charge in [0.1, 0.15) is 5.56 Å². The summed E-state index contributed by atoms with van der Waals surface area (Å²) in [4.78, 5) is 23.7. The third-order valence-electron chi connectivity index (χ3n) is 5.96. The summed E-state index contributed by atoms with van der Waals surface area (Å²) in [5.74, 6) is -1.03. The smallest absolute Gasteiger partial charge is 0.339 e. The van der Waals surface area contributed by atoms with Gasteiger partial charge in [0, 0.05) is 11.6 Å². The van der Waals surface area contributed by atoms with Gasteiger partial charge in [-0.05, 0) is 55.9 Å². The first-order chi connectivity index (χ1) is 12.5. The largest absolute Gasteiger partial charge is 0.478 e. The van der Waals surface area contributed by atoms with Crippen LogP contribution < -0.4 is 5.32 Å². The van der Waals surface area contributed by atoms with Crippen LogP contribution >= 0.6 is 0 Å². The van der Waals surface area contributed by atoms with Crippen molar-refractivity contribution in [2.75, 3.05) is 0 Å². The molecule has 1 aromatic heterocycles. The van der Waals surface area contributed by atoms with Gasteiger partial charge in [0.25, 0.3) is 5.91 Å². The van der Waals surface area contributed by atoms with E-state index in [1.165, 1.54) is 38.3 Å². The summed E-state index contributed by atoms with van der Waals surface area (Å²) in [6, 6.07) is 7.44. The number of carbonyl (C=O) groups is 2. The van der Waals surface area contributed by atoms with Gasteiger partial charge in [0.2, 0.25) is 0 Å². The first-order valence-electron chi connectivity index (χ1n) is 9.19. The quantitative estimate of drug-likeness (QED) is 0.883. The number of hydrogen-bond acceptors (Lipinski definition) is 3. The average Bonchev–Trinajstić information content (AvgIpc) is 3.11. The number of carboxylic acid groups (broad SMARTS) is 1. The van der Waals surface area contributed by atoms with Crippen LogP contribution in [0.5, 0.6) is 0 Å². The highest BCUT2D eigenvalue weighted by atomic mass is 16.4. The molecule has 2 aliphatic carbocycles. The van der Waals surface area contributed by atoms with E-state index in [-0.39, 0.29) is 11.5 Å². The second-order valence-corrected chi connectivity index (χ2v) is 7.56. The Morgan fingerprint density at radius 3 is 2.50 bits per heavy atom. The Hall–Kier alpha value is -2.63. The fraction of sp³-hybridized carbons (Fsp3) is 0.450. The van der Waals surface area contributed by atoms with Gasteiger partial charge in [0.05, 0.1) is 17.6 Å². The predicted octanol–water partition coefficient (Wildman–Crippen LogP) is 3.33. The summed E-state index contributed by atoms with van der Waals surface area (Å²) in [6.07, 6.45) is 8.81. The number of nitrogens with zero attached hydrogens (tertiary/aromatic N) is 2. The summed E-state index contributed by atoms with van der Waals surface area (Å²) in [5, 5.41) is 16.4. The Kier molecular flexibility index (Phi) is 4.05. The minimum atomic E-state index is -0.995. The molecule has 1 amide bonds. The van der Waals surface area contributed by atoms with Crippen LogP contribution in [-0.2, 0) is 0 Å². The number of carbonyl (C=O) groups excluding carboxylic acids is 1. The van der Waals surface area contributed by atoms with E-state index in [1.54, 1.807) is 35.9 Å². The van der Waals surface area contributed by atoms with Crippen molar-refractivity contribution in [2.24, 2.45) is 5.41 Å². The van der Waals surface area contributed by atoms with E-state index in [0.717, 1.165) is 12.1 Å². The predicted molar refractivity (Wildman–Crippen MR) is 96.6 cm³/mol. The lowest BCUT2D eigenvalue weighted by Gasteiger charge is -2.22. The molecule has 1 heterocycles. The Labute approximate surface area is 152 Å². The molecule has 0 bridgehead atoms. The van der Waals surface area contributed by atoms with E-state index in [4.69, 9.17) is 5.11 Å². The van der Waals surface area contributed by atoms with Gasteiger partial charge in [-0.3, -0.25) is 4.79 Å². The van der Waals surface area contributed by atoms with Gasteiger partial charge in [-0.15, -0.1) is 0 Å². The number of benzene rings is 1. The lowest BCUT2D eigenvalue weighted by atomic mass is 9.86. The van der Waals surface area contributed by atoms with Crippen molar-refractivity contribution in [1.29, 1.82) is 0 Å². The number of aromatic nitrogens is 2. The zero-order valence-electron chi connectivity index (χ0n) is 14.9. The van der Waals surface area contributed by atoms with E-state index >= 15 is 0 Å². The van der Waals surface area contributed by atoms with Crippen LogP contribution in [0.3, 0.4) is 0 Å². The third-order valence-corrected chi connectivity index (χ3v) is 5.96. The first kappa shape index (κ1) is 16.8. The highest BCUT2D eigenvalue weighted by Crippen LogP contribution is 2.56. The van der Waals surface area contributed by atoms with Crippen molar-refractivity contribution >= 4 is 11.9 Å². The zero-order chi connectivity index (χ0) is 18.3. The van der Waals surface area contributed by atoms with Crippen molar-refractivity contribution in [2.45, 2.75) is 51.5 Å². The van der Waals surface area contributed by atoms with Crippen LogP contribution in [0, 0.1) is 12.3 Å². The molecule has 1 spiro atoms. The topological polar surface area (TPSA) is 84.2 Å². The molecule has 0 aliphatic heterocycles. The van der Waals surface area contributed by atoms with E-state index < -0.39 is 5.97 Å². The molecule has 4 rings (SSSR count). The standard InChI is InChI=1S/C20H23N3O3/c1-13-16(19(25)26)12-21-23(13)15-7-5-14(6-8-15)18(24)22-17-11-20(17)9-3-2-4-10-20/h5-8,12,17H,2-4,9-11H2,1H3,(H,22,24)(H,25,26). The first-order valence-corrected chi connectivity index (χ1v) is 9.19. The number of carboxylic acids is 1. The molecular formula is C20H23N3O3. The van der Waals surface area contributed by atoms with Crippen molar-refractivity contribution in [3.05, 3.63) is 47.3 Å². The molecule has 1 aromatic carbocycles. The minimum absolute atomic E-state index is 0.0348. The third kappa shape index (κ3) is 2.89. The number of hydrogen-bond donors (Lipinski definition) is 2. The molecule has 0 saturated heterocycles. The van der Waals surface area contributed by atoms with Gasteiger partial charge >= 0.3 is 5.97 Å². The molecule has 1 unspecified atom stereocenters. The molecule has 1 atom stereocenters. The Morgan fingerprint density at radius 1 is 1.19 bits per heavy atom. The van der Waals surface area contributed by atoms with Crippen molar-refractivity contribution in [3.63, 3.8) is 0 Å². The summed E-state index contributed by atoms with van der Waals surface area (Å²) >= 11 is 0. The number of amides is 1. The van der Waals surface area contributed by atoms with Crippen LogP contribution in [0.2, 0.25) is 0 Å². The Balaban J connectivity index is 1.45. The number of nitrogens with one attached hydrogen (secondary N) is 1. The molecular weight excluding hydrogens is 330 g/mol. The van der Waals surface area contributed by atoms with Crippen LogP contribution in [0.25, 0.3) is 5.69 Å². The van der Waals surface area contributed by atoms with E-state index in [2.05, 4.69) is 10.4 Å². The van der Waals surface area contributed by atoms with Crippen molar-refractivity contribution in [1.82, 2.24) is 15.1 Å². The Bertz CT molecular complexity index is 848. The second kappa shape index (κ2) is 6.27. The lowest BCUT2D eigenvalue weighted by molar-refractivity contribution is 0.0695. The minimum Gasteiger partial charge on any atom is -0.478 e. The highest BCUT2D eigenvalue weighted by molar-refractivity contribution is 5.95. The van der Waals surface area contributed by atoms with Gasteiger partial charge in [0.15, 0.2) is 0 Å². The summed E-state index contributed by atoms with van der Waals surface area (Å²) in [5.41, 5.74) is 2.47. The fourth-order valence-electron chi connectivity index (χ4n) is 4.24. The fourth-order valence-corrected chi connectivity index (χ4v) is 4.24. The van der Waals surface area contributed by atoms with Gasteiger partial charge < -0.3 is 10.4 Å². The molecule has 0 radical (unpaired) electrons. The maximum absolute atomic E-state index is 12.5. The molecule has 2 saturated carbocycles. The summed E-state index contributed by atoms with van der Waals surface area (Å²) in [7, 11) is 0. The summed E-state index contributed by atoms with van der Waals surface area (Å²) < 4.78 is 1.57. The monoisotopic (exact) mass is 353 g/mol. The van der Waals surface area contributed by atoms with E-state index in [9.17, 15) is 9.59 Å². The summed E-state index contributed by atoms with van der Waals surface area (Å²) in [6.45, 7) is 1.72. The molecule has 6 heteroatoms. The van der Waals surface area contributed by atoms with Crippen LogP contribution in [0.15, 0.2) is 30.5 Å². The van der Waals surface area contributed by atoms with Gasteiger partial charge in [-0.2, -0.15) is 5.10 Å². The van der Waals surface area contributed by atoms with Crippen LogP contribution in [0.1, 0.15) is 64.9 Å². The highest BCUT2D eigenvalue weighted by Gasteiger charge is 2.54. The van der Waals surface area contributed by atoms with Crippen LogP contribution in [0.4, 0.5) is 0 Å². The molecule has 2 aromatic rings. The van der Waals surface area contributed by atoms with E-state index in [0.29, 0.717) is 22.7 Å². The SMILES string of the molecule is Cc1c(C(=O)O)cnn1-c1ccc(C(=O)NC2CC23CCCCC3)cc1. The normalized spacial score (nSPS) is 20.7. The van der Waals surface area contributed by atoms with Gasteiger partial charge in [-0.1, -0.05) is 19.3 Å². The molecule has 2 N–H and O–H groups in total. The second-order valence-electron chi connectivity index (χ2n) is 7.56. The molecule has 2 aliphatic rings. The number of rotatable bonds is 4. The Morgan fingerprint density at radius 2 is 1.88 bits per heavy atom. The average molecular weight is 353 g/mol. The number of aromatic carboxylic acids is 1. The molecule has 26 heavy (non-hydrogen) atoms. The van der Waals surface area contributed by atoms with Crippen molar-refractivity contribution in [3.8, 4) is 5.69 Å². The molecule has 136 valence electrons. The zero-order valence-corrected chi connectivity index (χ0v) is 14.9. The molecule has 6 nitrogen and oxygen atoms in total. The van der Waals surface area contributed by atoms with Gasteiger partial charge in [-0.25, -0.2) is 9.48 Å². The lowest BCUT2D eigenvalue weighted by Crippen LogP contribution is -2.30. The van der Waals surface area contributed by atoms with E-state index in [1.807, 2.05) is 0 Å². The van der Waals surface area contributed by atoms with Crippen molar-refractivity contribution < 1.29 is 14.7 Å². The maximum atomic E-state index is 12.5. The molecule has 2 fully saturated rings. The maximum Gasteiger partial charge on any atom is 0.339 e.